The van der Waals surface area contributed by atoms with Gasteiger partial charge in [0.1, 0.15) is 11.5 Å². The molecule has 1 aromatic carbocycles. The van der Waals surface area contributed by atoms with Gasteiger partial charge >= 0.3 is 0 Å². The molecule has 1 unspecified atom stereocenters. The number of piperidine rings is 1. The molecule has 3 N–H and O–H groups in total. The van der Waals surface area contributed by atoms with Crippen LogP contribution in [0.3, 0.4) is 0 Å². The van der Waals surface area contributed by atoms with Gasteiger partial charge < -0.3 is 25.1 Å². The number of amides is 1. The maximum absolute atomic E-state index is 11.4. The summed E-state index contributed by atoms with van der Waals surface area (Å²) < 4.78 is 10.6. The van der Waals surface area contributed by atoms with Gasteiger partial charge in [0.15, 0.2) is 5.96 Å². The van der Waals surface area contributed by atoms with Crippen LogP contribution in [-0.2, 0) is 17.6 Å². The lowest BCUT2D eigenvalue weighted by Crippen LogP contribution is -2.47. The molecular weight excluding hydrogens is 507 g/mol. The predicted molar refractivity (Wildman–Crippen MR) is 133 cm³/mol. The fourth-order valence-electron chi connectivity index (χ4n) is 3.81. The van der Waals surface area contributed by atoms with E-state index in [0.717, 1.165) is 62.8 Å². The third kappa shape index (κ3) is 8.43. The third-order valence-electron chi connectivity index (χ3n) is 5.36. The quantitative estimate of drug-likeness (QED) is 0.290. The van der Waals surface area contributed by atoms with Crippen LogP contribution in [-0.4, -0.2) is 50.1 Å². The van der Waals surface area contributed by atoms with Crippen LogP contribution in [0.2, 0.25) is 0 Å². The number of nitrogens with one attached hydrogen (secondary N) is 1. The molecule has 1 saturated heterocycles. The van der Waals surface area contributed by atoms with Crippen molar-refractivity contribution >= 4 is 35.8 Å². The number of hydrogen-bond donors (Lipinski definition) is 2. The number of likely N-dealkylation sites (tertiary alicyclic amines) is 1. The maximum Gasteiger partial charge on any atom is 0.217 e. The van der Waals surface area contributed by atoms with Gasteiger partial charge in [-0.25, -0.2) is 0 Å². The molecule has 1 aliphatic heterocycles. The molecule has 7 nitrogen and oxygen atoms in total. The molecule has 0 bridgehead atoms. The number of aliphatic imine (C=N–C) groups is 1. The summed E-state index contributed by atoms with van der Waals surface area (Å²) in [5.41, 5.74) is 6.66. The Kier molecular flexibility index (Phi) is 10.7. The van der Waals surface area contributed by atoms with E-state index in [-0.39, 0.29) is 35.8 Å². The number of carbonyl (C=O) groups is 1. The molecular formula is C23H33IN4O3. The smallest absolute Gasteiger partial charge is 0.217 e. The molecule has 1 amide bonds. The third-order valence-corrected chi connectivity index (χ3v) is 5.36. The average molecular weight is 540 g/mol. The summed E-state index contributed by atoms with van der Waals surface area (Å²) in [6.45, 7) is 3.17. The summed E-state index contributed by atoms with van der Waals surface area (Å²) in [5.74, 6) is 2.74. The molecule has 0 spiro atoms. The zero-order valence-electron chi connectivity index (χ0n) is 18.1. The normalized spacial score (nSPS) is 16.5. The van der Waals surface area contributed by atoms with Crippen molar-refractivity contribution in [3.05, 3.63) is 54.0 Å². The highest BCUT2D eigenvalue weighted by molar-refractivity contribution is 14.0. The molecule has 3 rings (SSSR count). The number of halogens is 1. The Bertz CT molecular complexity index is 809. The van der Waals surface area contributed by atoms with Crippen molar-refractivity contribution in [1.82, 2.24) is 10.2 Å². The molecule has 1 atom stereocenters. The van der Waals surface area contributed by atoms with Crippen molar-refractivity contribution in [3.8, 4) is 5.75 Å². The summed E-state index contributed by atoms with van der Waals surface area (Å²) in [5, 5.41) is 3.52. The zero-order valence-corrected chi connectivity index (χ0v) is 20.4. The van der Waals surface area contributed by atoms with E-state index in [1.807, 2.05) is 24.3 Å². The van der Waals surface area contributed by atoms with Crippen molar-refractivity contribution in [2.24, 2.45) is 16.6 Å². The Balaban J connectivity index is 0.00000341. The molecule has 1 aliphatic rings. The Morgan fingerprint density at radius 2 is 2.10 bits per heavy atom. The number of guanidine groups is 1. The molecule has 1 fully saturated rings. The molecule has 8 heteroatoms. The van der Waals surface area contributed by atoms with Crippen LogP contribution < -0.4 is 15.8 Å². The Morgan fingerprint density at radius 3 is 2.77 bits per heavy atom. The number of furan rings is 1. The zero-order chi connectivity index (χ0) is 21.2. The maximum atomic E-state index is 11.4. The molecule has 170 valence electrons. The molecule has 0 saturated carbocycles. The average Bonchev–Trinajstić information content (AvgIpc) is 3.26. The lowest BCUT2D eigenvalue weighted by molar-refractivity contribution is -0.119. The van der Waals surface area contributed by atoms with Crippen molar-refractivity contribution < 1.29 is 13.9 Å². The van der Waals surface area contributed by atoms with Gasteiger partial charge in [-0.3, -0.25) is 9.79 Å². The van der Waals surface area contributed by atoms with Crippen molar-refractivity contribution in [3.63, 3.8) is 0 Å². The van der Waals surface area contributed by atoms with Gasteiger partial charge in [0, 0.05) is 39.0 Å². The topological polar surface area (TPSA) is 93.1 Å². The number of nitrogens with two attached hydrogens (primary N) is 1. The van der Waals surface area contributed by atoms with Crippen molar-refractivity contribution in [2.45, 2.75) is 32.1 Å². The van der Waals surface area contributed by atoms with E-state index in [4.69, 9.17) is 19.9 Å². The second-order valence-corrected chi connectivity index (χ2v) is 7.68. The van der Waals surface area contributed by atoms with Crippen LogP contribution in [0.15, 0.2) is 52.1 Å². The monoisotopic (exact) mass is 540 g/mol. The minimum absolute atomic E-state index is 0. The fourth-order valence-corrected chi connectivity index (χ4v) is 3.81. The second-order valence-electron chi connectivity index (χ2n) is 7.68. The number of methoxy groups -OCH3 is 1. The predicted octanol–water partition coefficient (Wildman–Crippen LogP) is 3.22. The number of ether oxygens (including phenoxy) is 1. The van der Waals surface area contributed by atoms with Crippen LogP contribution in [0, 0.1) is 5.92 Å². The summed E-state index contributed by atoms with van der Waals surface area (Å²) in [6.07, 6.45) is 5.84. The highest BCUT2D eigenvalue weighted by atomic mass is 127. The van der Waals surface area contributed by atoms with E-state index in [9.17, 15) is 4.79 Å². The van der Waals surface area contributed by atoms with Gasteiger partial charge in [0.25, 0.3) is 0 Å². The van der Waals surface area contributed by atoms with Gasteiger partial charge in [0.2, 0.25) is 5.91 Å². The molecule has 1 aromatic heterocycles. The van der Waals surface area contributed by atoms with Crippen LogP contribution in [0.25, 0.3) is 0 Å². The van der Waals surface area contributed by atoms with Crippen LogP contribution in [0.4, 0.5) is 0 Å². The first-order chi connectivity index (χ1) is 14.6. The van der Waals surface area contributed by atoms with Gasteiger partial charge in [-0.05, 0) is 55.0 Å². The lowest BCUT2D eigenvalue weighted by Gasteiger charge is -2.34. The van der Waals surface area contributed by atoms with E-state index < -0.39 is 0 Å². The number of nitrogens with zero attached hydrogens (tertiary/aromatic N) is 2. The number of hydrogen-bond acceptors (Lipinski definition) is 4. The van der Waals surface area contributed by atoms with Crippen molar-refractivity contribution in [1.29, 1.82) is 0 Å². The lowest BCUT2D eigenvalue weighted by atomic mass is 9.95. The number of rotatable bonds is 9. The SMILES string of the molecule is COc1ccc(CCNC(=NCCc2ccco2)N2CCCC(CC(N)=O)C2)cc1.I. The van der Waals surface area contributed by atoms with Crippen LogP contribution in [0.5, 0.6) is 5.75 Å². The van der Waals surface area contributed by atoms with E-state index in [2.05, 4.69) is 22.3 Å². The second kappa shape index (κ2) is 13.2. The minimum atomic E-state index is -0.231. The van der Waals surface area contributed by atoms with Gasteiger partial charge in [-0.2, -0.15) is 0 Å². The van der Waals surface area contributed by atoms with Gasteiger partial charge in [0.05, 0.1) is 13.4 Å². The fraction of sp³-hybridized carbons (Fsp3) is 0.478. The Morgan fingerprint density at radius 1 is 1.29 bits per heavy atom. The van der Waals surface area contributed by atoms with E-state index in [0.29, 0.717) is 13.0 Å². The molecule has 2 aromatic rings. The van der Waals surface area contributed by atoms with E-state index in [1.54, 1.807) is 13.4 Å². The summed E-state index contributed by atoms with van der Waals surface area (Å²) in [6, 6.07) is 12.0. The molecule has 31 heavy (non-hydrogen) atoms. The first-order valence-electron chi connectivity index (χ1n) is 10.6. The van der Waals surface area contributed by atoms with E-state index >= 15 is 0 Å². The first kappa shape index (κ1) is 25.0. The number of primary amides is 1. The van der Waals surface area contributed by atoms with Crippen molar-refractivity contribution in [2.75, 3.05) is 33.3 Å². The van der Waals surface area contributed by atoms with E-state index in [1.165, 1.54) is 5.56 Å². The van der Waals surface area contributed by atoms with Gasteiger partial charge in [-0.15, -0.1) is 24.0 Å². The summed E-state index contributed by atoms with van der Waals surface area (Å²) in [4.78, 5) is 18.4. The Hall–Kier alpha value is -2.23. The highest BCUT2D eigenvalue weighted by Gasteiger charge is 2.23. The molecule has 0 aliphatic carbocycles. The number of carbonyl (C=O) groups excluding carboxylic acids is 1. The number of benzene rings is 1. The first-order valence-corrected chi connectivity index (χ1v) is 10.6. The molecule has 2 heterocycles. The van der Waals surface area contributed by atoms with Crippen LogP contribution in [0.1, 0.15) is 30.6 Å². The highest BCUT2D eigenvalue weighted by Crippen LogP contribution is 2.19. The van der Waals surface area contributed by atoms with Gasteiger partial charge in [-0.1, -0.05) is 12.1 Å². The standard InChI is InChI=1S/C23H32N4O3.HI/c1-29-20-8-6-18(7-9-20)10-12-25-23(26-13-11-21-5-3-15-30-21)27-14-2-4-19(17-27)16-22(24)28;/h3,5-9,15,19H,2,4,10-14,16-17H2,1H3,(H2,24,28)(H,25,26);1H. The summed E-state index contributed by atoms with van der Waals surface area (Å²) in [7, 11) is 1.67. The largest absolute Gasteiger partial charge is 0.497 e. The Labute approximate surface area is 201 Å². The van der Waals surface area contributed by atoms with Crippen LogP contribution >= 0.6 is 24.0 Å². The molecule has 0 radical (unpaired) electrons. The summed E-state index contributed by atoms with van der Waals surface area (Å²) >= 11 is 0. The minimum Gasteiger partial charge on any atom is -0.497 e.